The maximum absolute atomic E-state index is 9.51. The molecule has 0 radical (unpaired) electrons. The SMILES string of the molecule is CCOC(c1noc([C@@H]2CC(O)CN2)n1)C(C)(C)C. The molecule has 1 aromatic rings. The van der Waals surface area contributed by atoms with Crippen LogP contribution in [0.2, 0.25) is 0 Å². The van der Waals surface area contributed by atoms with Gasteiger partial charge in [-0.2, -0.15) is 4.98 Å². The third-order valence-corrected chi connectivity index (χ3v) is 3.22. The molecular formula is C13H23N3O3. The fourth-order valence-corrected chi connectivity index (χ4v) is 2.28. The fourth-order valence-electron chi connectivity index (χ4n) is 2.28. The van der Waals surface area contributed by atoms with E-state index >= 15 is 0 Å². The van der Waals surface area contributed by atoms with E-state index in [9.17, 15) is 5.11 Å². The summed E-state index contributed by atoms with van der Waals surface area (Å²) in [4.78, 5) is 4.44. The lowest BCUT2D eigenvalue weighted by atomic mass is 9.88. The largest absolute Gasteiger partial charge is 0.392 e. The summed E-state index contributed by atoms with van der Waals surface area (Å²) in [7, 11) is 0. The third kappa shape index (κ3) is 3.32. The van der Waals surface area contributed by atoms with Crippen LogP contribution in [0.25, 0.3) is 0 Å². The Balaban J connectivity index is 2.14. The van der Waals surface area contributed by atoms with Gasteiger partial charge in [0.2, 0.25) is 11.7 Å². The first-order valence-electron chi connectivity index (χ1n) is 6.78. The predicted molar refractivity (Wildman–Crippen MR) is 69.5 cm³/mol. The minimum Gasteiger partial charge on any atom is -0.392 e. The highest BCUT2D eigenvalue weighted by Gasteiger charge is 2.34. The molecule has 1 aromatic heterocycles. The number of aromatic nitrogens is 2. The van der Waals surface area contributed by atoms with Gasteiger partial charge < -0.3 is 19.7 Å². The molecule has 2 rings (SSSR count). The number of β-amino-alcohol motifs (C(OH)–C–C–N with tert-alkyl or cyclic N) is 1. The molecule has 0 bridgehead atoms. The van der Waals surface area contributed by atoms with Crippen LogP contribution in [0.15, 0.2) is 4.52 Å². The first kappa shape index (κ1) is 14.4. The second-order valence-corrected chi connectivity index (χ2v) is 6.04. The van der Waals surface area contributed by atoms with Gasteiger partial charge in [0.15, 0.2) is 0 Å². The van der Waals surface area contributed by atoms with Crippen LogP contribution in [0, 0.1) is 5.41 Å². The van der Waals surface area contributed by atoms with Gasteiger partial charge in [-0.15, -0.1) is 0 Å². The quantitative estimate of drug-likeness (QED) is 0.864. The van der Waals surface area contributed by atoms with Crippen molar-refractivity contribution in [2.24, 2.45) is 5.41 Å². The first-order chi connectivity index (χ1) is 8.91. The van der Waals surface area contributed by atoms with Crippen molar-refractivity contribution < 1.29 is 14.4 Å². The summed E-state index contributed by atoms with van der Waals surface area (Å²) >= 11 is 0. The minimum absolute atomic E-state index is 0.0569. The highest BCUT2D eigenvalue weighted by atomic mass is 16.5. The van der Waals surface area contributed by atoms with E-state index < -0.39 is 0 Å². The molecule has 6 heteroatoms. The number of nitrogens with zero attached hydrogens (tertiary/aromatic N) is 2. The first-order valence-corrected chi connectivity index (χ1v) is 6.78. The molecule has 1 aliphatic heterocycles. The van der Waals surface area contributed by atoms with Crippen LogP contribution in [-0.2, 0) is 4.74 Å². The van der Waals surface area contributed by atoms with Crippen molar-refractivity contribution in [3.8, 4) is 0 Å². The zero-order valence-corrected chi connectivity index (χ0v) is 12.0. The van der Waals surface area contributed by atoms with Crippen molar-refractivity contribution >= 4 is 0 Å². The van der Waals surface area contributed by atoms with Crippen LogP contribution in [0.3, 0.4) is 0 Å². The molecule has 0 amide bonds. The number of aliphatic hydroxyl groups excluding tert-OH is 1. The van der Waals surface area contributed by atoms with Crippen molar-refractivity contribution in [2.45, 2.75) is 52.4 Å². The summed E-state index contributed by atoms with van der Waals surface area (Å²) in [6.07, 6.45) is 0.0724. The van der Waals surface area contributed by atoms with E-state index in [1.807, 2.05) is 6.92 Å². The molecule has 0 spiro atoms. The zero-order chi connectivity index (χ0) is 14.0. The lowest BCUT2D eigenvalue weighted by Crippen LogP contribution is -2.23. The second-order valence-electron chi connectivity index (χ2n) is 6.04. The van der Waals surface area contributed by atoms with Gasteiger partial charge in [-0.1, -0.05) is 25.9 Å². The average molecular weight is 269 g/mol. The van der Waals surface area contributed by atoms with Crippen molar-refractivity contribution in [2.75, 3.05) is 13.2 Å². The second kappa shape index (κ2) is 5.56. The molecule has 0 aromatic carbocycles. The number of ether oxygens (including phenoxy) is 1. The molecule has 19 heavy (non-hydrogen) atoms. The molecular weight excluding hydrogens is 246 g/mol. The maximum Gasteiger partial charge on any atom is 0.243 e. The zero-order valence-electron chi connectivity index (χ0n) is 12.0. The topological polar surface area (TPSA) is 80.4 Å². The Morgan fingerprint density at radius 1 is 1.53 bits per heavy atom. The Morgan fingerprint density at radius 3 is 2.79 bits per heavy atom. The number of rotatable bonds is 4. The minimum atomic E-state index is -0.342. The molecule has 0 aliphatic carbocycles. The number of hydrogen-bond donors (Lipinski definition) is 2. The summed E-state index contributed by atoms with van der Waals surface area (Å²) in [5, 5.41) is 16.7. The number of hydrogen-bond acceptors (Lipinski definition) is 6. The fraction of sp³-hybridized carbons (Fsp3) is 0.846. The van der Waals surface area contributed by atoms with Crippen molar-refractivity contribution in [1.29, 1.82) is 0 Å². The van der Waals surface area contributed by atoms with E-state index in [0.717, 1.165) is 0 Å². The van der Waals surface area contributed by atoms with Crippen LogP contribution in [0.5, 0.6) is 0 Å². The van der Waals surface area contributed by atoms with Crippen LogP contribution < -0.4 is 5.32 Å². The molecule has 2 N–H and O–H groups in total. The standard InChI is InChI=1S/C13H23N3O3/c1-5-18-10(13(2,3)4)11-15-12(19-16-11)9-6-8(17)7-14-9/h8-10,14,17H,5-7H2,1-4H3/t8?,9-,10?/m0/s1. The predicted octanol–water partition coefficient (Wildman–Crippen LogP) is 1.59. The molecule has 6 nitrogen and oxygen atoms in total. The lowest BCUT2D eigenvalue weighted by Gasteiger charge is -2.27. The summed E-state index contributed by atoms with van der Waals surface area (Å²) in [6, 6.07) is -0.0569. The number of nitrogens with one attached hydrogen (secondary N) is 1. The van der Waals surface area contributed by atoms with Gasteiger partial charge in [0.1, 0.15) is 6.10 Å². The van der Waals surface area contributed by atoms with E-state index in [1.165, 1.54) is 0 Å². The molecule has 1 fully saturated rings. The smallest absolute Gasteiger partial charge is 0.243 e. The molecule has 1 aliphatic rings. The van der Waals surface area contributed by atoms with Crippen molar-refractivity contribution in [1.82, 2.24) is 15.5 Å². The van der Waals surface area contributed by atoms with Crippen LogP contribution in [-0.4, -0.2) is 34.5 Å². The Bertz CT molecular complexity index is 414. The van der Waals surface area contributed by atoms with Gasteiger partial charge in [0, 0.05) is 13.2 Å². The van der Waals surface area contributed by atoms with Crippen LogP contribution in [0.1, 0.15) is 58.0 Å². The molecule has 0 saturated carbocycles. The van der Waals surface area contributed by atoms with E-state index in [2.05, 4.69) is 36.2 Å². The Labute approximate surface area is 113 Å². The van der Waals surface area contributed by atoms with Gasteiger partial charge in [-0.3, -0.25) is 0 Å². The van der Waals surface area contributed by atoms with Gasteiger partial charge in [-0.05, 0) is 18.8 Å². The Hall–Kier alpha value is -0.980. The van der Waals surface area contributed by atoms with E-state index in [-0.39, 0.29) is 23.7 Å². The summed E-state index contributed by atoms with van der Waals surface area (Å²) < 4.78 is 11.0. The van der Waals surface area contributed by atoms with Gasteiger partial charge >= 0.3 is 0 Å². The van der Waals surface area contributed by atoms with Gasteiger partial charge in [0.25, 0.3) is 0 Å². The number of aliphatic hydroxyl groups is 1. The third-order valence-electron chi connectivity index (χ3n) is 3.22. The summed E-state index contributed by atoms with van der Waals surface area (Å²) in [5.41, 5.74) is -0.0974. The normalized spacial score (nSPS) is 25.7. The monoisotopic (exact) mass is 269 g/mol. The molecule has 3 atom stereocenters. The highest BCUT2D eigenvalue weighted by molar-refractivity contribution is 5.01. The average Bonchev–Trinajstić information content (AvgIpc) is 2.92. The van der Waals surface area contributed by atoms with Gasteiger partial charge in [-0.25, -0.2) is 0 Å². The molecule has 2 unspecified atom stereocenters. The highest BCUT2D eigenvalue weighted by Crippen LogP contribution is 2.35. The van der Waals surface area contributed by atoms with Gasteiger partial charge in [0.05, 0.1) is 12.1 Å². The molecule has 108 valence electrons. The van der Waals surface area contributed by atoms with E-state index in [1.54, 1.807) is 0 Å². The molecule has 1 saturated heterocycles. The van der Waals surface area contributed by atoms with E-state index in [0.29, 0.717) is 31.3 Å². The van der Waals surface area contributed by atoms with Crippen LogP contribution >= 0.6 is 0 Å². The van der Waals surface area contributed by atoms with Crippen molar-refractivity contribution in [3.63, 3.8) is 0 Å². The van der Waals surface area contributed by atoms with Crippen molar-refractivity contribution in [3.05, 3.63) is 11.7 Å². The Kier molecular flexibility index (Phi) is 4.23. The Morgan fingerprint density at radius 2 is 2.26 bits per heavy atom. The molecule has 2 heterocycles. The lowest BCUT2D eigenvalue weighted by molar-refractivity contribution is -0.0203. The summed E-state index contributed by atoms with van der Waals surface area (Å²) in [5.74, 6) is 1.10. The van der Waals surface area contributed by atoms with Crippen LogP contribution in [0.4, 0.5) is 0 Å². The maximum atomic E-state index is 9.51. The van der Waals surface area contributed by atoms with E-state index in [4.69, 9.17) is 9.26 Å². The summed E-state index contributed by atoms with van der Waals surface area (Å²) in [6.45, 7) is 9.38.